The highest BCUT2D eigenvalue weighted by atomic mass is 16.3. The summed E-state index contributed by atoms with van der Waals surface area (Å²) in [7, 11) is 0. The molecule has 186 valence electrons. The molecule has 0 amide bonds. The number of rotatable bonds is 8. The van der Waals surface area contributed by atoms with Crippen molar-refractivity contribution < 1.29 is 24.6 Å². The van der Waals surface area contributed by atoms with Crippen LogP contribution in [0, 0.1) is 46.3 Å². The molecule has 4 rings (SSSR count). The third-order valence-corrected chi connectivity index (χ3v) is 10.6. The molecular weight excluding hydrogens is 418 g/mol. The molecule has 8 unspecified atom stereocenters. The van der Waals surface area contributed by atoms with Crippen molar-refractivity contribution in [2.45, 2.75) is 84.6 Å². The highest BCUT2D eigenvalue weighted by molar-refractivity contribution is 5.93. The van der Waals surface area contributed by atoms with Gasteiger partial charge in [-0.25, -0.2) is 0 Å². The highest BCUT2D eigenvalue weighted by Gasteiger charge is 2.66. The van der Waals surface area contributed by atoms with Crippen molar-refractivity contribution in [2.24, 2.45) is 46.3 Å². The first-order valence-electron chi connectivity index (χ1n) is 13.2. The molecule has 0 aromatic heterocycles. The van der Waals surface area contributed by atoms with Crippen LogP contribution in [0.3, 0.4) is 0 Å². The van der Waals surface area contributed by atoms with E-state index < -0.39 is 5.41 Å². The van der Waals surface area contributed by atoms with E-state index in [1.807, 2.05) is 0 Å². The largest absolute Gasteiger partial charge is 0.395 e. The molecule has 4 aliphatic carbocycles. The number of hydrogen-bond donors (Lipinski definition) is 3. The number of Topliss-reactive ketones (excluding diaryl/α,β-unsaturated/α-hetero) is 3. The van der Waals surface area contributed by atoms with Crippen molar-refractivity contribution in [3.05, 3.63) is 0 Å². The normalized spacial score (nSPS) is 41.6. The number of nitrogens with one attached hydrogen (secondary N) is 1. The number of hydrogen-bond acceptors (Lipinski definition) is 6. The summed E-state index contributed by atoms with van der Waals surface area (Å²) >= 11 is 0. The van der Waals surface area contributed by atoms with Crippen LogP contribution in [0.5, 0.6) is 0 Å². The maximum Gasteiger partial charge on any atom is 0.139 e. The molecule has 4 fully saturated rings. The monoisotopic (exact) mass is 461 g/mol. The molecule has 6 nitrogen and oxygen atoms in total. The van der Waals surface area contributed by atoms with Gasteiger partial charge in [0.1, 0.15) is 17.3 Å². The third-order valence-electron chi connectivity index (χ3n) is 10.6. The Morgan fingerprint density at radius 2 is 1.76 bits per heavy atom. The van der Waals surface area contributed by atoms with E-state index in [0.717, 1.165) is 38.6 Å². The van der Waals surface area contributed by atoms with Crippen LogP contribution in [0.4, 0.5) is 0 Å². The van der Waals surface area contributed by atoms with Crippen molar-refractivity contribution >= 4 is 17.3 Å². The van der Waals surface area contributed by atoms with Gasteiger partial charge < -0.3 is 15.5 Å². The van der Waals surface area contributed by atoms with Gasteiger partial charge in [-0.2, -0.15) is 0 Å². The number of carbonyl (C=O) groups is 3. The number of carbonyl (C=O) groups excluding carboxylic acids is 3. The number of aliphatic hydroxyl groups is 2. The number of ketones is 3. The van der Waals surface area contributed by atoms with Crippen LogP contribution in [0.25, 0.3) is 0 Å². The molecule has 0 heterocycles. The Morgan fingerprint density at radius 3 is 2.45 bits per heavy atom. The molecule has 6 heteroatoms. The first kappa shape index (κ1) is 25.0. The van der Waals surface area contributed by atoms with Crippen molar-refractivity contribution in [2.75, 3.05) is 19.8 Å². The fourth-order valence-corrected chi connectivity index (χ4v) is 8.51. The summed E-state index contributed by atoms with van der Waals surface area (Å²) in [6.07, 6.45) is 6.85. The Morgan fingerprint density at radius 1 is 1.03 bits per heavy atom. The predicted octanol–water partition coefficient (Wildman–Crippen LogP) is 2.93. The summed E-state index contributed by atoms with van der Waals surface area (Å²) in [4.78, 5) is 39.4. The maximum absolute atomic E-state index is 13.8. The summed E-state index contributed by atoms with van der Waals surface area (Å²) < 4.78 is 0. The van der Waals surface area contributed by atoms with Gasteiger partial charge in [-0.3, -0.25) is 14.4 Å². The van der Waals surface area contributed by atoms with Gasteiger partial charge in [0.15, 0.2) is 0 Å². The van der Waals surface area contributed by atoms with Crippen LogP contribution in [-0.2, 0) is 14.4 Å². The molecule has 0 saturated heterocycles. The van der Waals surface area contributed by atoms with Crippen LogP contribution in [-0.4, -0.2) is 53.4 Å². The molecule has 8 atom stereocenters. The Bertz CT molecular complexity index is 778. The van der Waals surface area contributed by atoms with Gasteiger partial charge in [0, 0.05) is 37.0 Å². The predicted molar refractivity (Wildman–Crippen MR) is 125 cm³/mol. The van der Waals surface area contributed by atoms with Crippen molar-refractivity contribution in [1.29, 1.82) is 0 Å². The van der Waals surface area contributed by atoms with E-state index in [0.29, 0.717) is 49.1 Å². The second-order valence-electron chi connectivity index (χ2n) is 12.1. The second-order valence-corrected chi connectivity index (χ2v) is 12.1. The summed E-state index contributed by atoms with van der Waals surface area (Å²) in [5, 5.41) is 21.6. The Balaban J connectivity index is 1.47. The van der Waals surface area contributed by atoms with Crippen LogP contribution in [0.2, 0.25) is 0 Å². The minimum absolute atomic E-state index is 0.0177. The Labute approximate surface area is 198 Å². The van der Waals surface area contributed by atoms with Gasteiger partial charge in [0.05, 0.1) is 19.3 Å². The molecule has 33 heavy (non-hydrogen) atoms. The molecule has 0 bridgehead atoms. The zero-order valence-corrected chi connectivity index (χ0v) is 20.6. The maximum atomic E-state index is 13.8. The minimum atomic E-state index is -0.421. The lowest BCUT2D eigenvalue weighted by atomic mass is 9.44. The van der Waals surface area contributed by atoms with Gasteiger partial charge in [0.2, 0.25) is 0 Å². The summed E-state index contributed by atoms with van der Waals surface area (Å²) in [6.45, 7) is 7.25. The molecule has 0 aliphatic heterocycles. The van der Waals surface area contributed by atoms with E-state index in [2.05, 4.69) is 26.1 Å². The standard InChI is InChI=1S/C27H43NO5/c1-16(5-4-10-28-18(14-29)15-30)20-6-7-21-25-22(13-24(33)27(20,21)3)26(2)9-8-19(31)11-17(26)12-23(25)32/h16-18,20-22,25,28-30H,4-15H2,1-3H3. The lowest BCUT2D eigenvalue weighted by Crippen LogP contribution is -2.60. The number of aliphatic hydroxyl groups excluding tert-OH is 2. The first-order chi connectivity index (χ1) is 15.7. The molecule has 3 N–H and O–H groups in total. The second kappa shape index (κ2) is 9.50. The molecule has 0 aromatic carbocycles. The topological polar surface area (TPSA) is 104 Å². The smallest absolute Gasteiger partial charge is 0.139 e. The summed E-state index contributed by atoms with van der Waals surface area (Å²) in [5.41, 5.74) is -0.481. The summed E-state index contributed by atoms with van der Waals surface area (Å²) in [6, 6.07) is -0.275. The fraction of sp³-hybridized carbons (Fsp3) is 0.889. The third kappa shape index (κ3) is 4.14. The van der Waals surface area contributed by atoms with Crippen LogP contribution in [0.1, 0.15) is 78.6 Å². The van der Waals surface area contributed by atoms with E-state index in [1.165, 1.54) is 0 Å². The van der Waals surface area contributed by atoms with E-state index in [9.17, 15) is 24.6 Å². The van der Waals surface area contributed by atoms with Crippen molar-refractivity contribution in [1.82, 2.24) is 5.32 Å². The average molecular weight is 462 g/mol. The lowest BCUT2D eigenvalue weighted by Gasteiger charge is -2.58. The SMILES string of the molecule is CC(CCCNC(CO)CO)C1CCC2C3C(=O)CC4CC(=O)CCC4(C)C3CC(=O)C12C. The van der Waals surface area contributed by atoms with E-state index in [-0.39, 0.29) is 54.1 Å². The molecule has 4 aliphatic rings. The quantitative estimate of drug-likeness (QED) is 0.480. The zero-order chi connectivity index (χ0) is 24.0. The zero-order valence-electron chi connectivity index (χ0n) is 20.6. The van der Waals surface area contributed by atoms with Gasteiger partial charge in [-0.05, 0) is 73.7 Å². The van der Waals surface area contributed by atoms with Gasteiger partial charge in [0.25, 0.3) is 0 Å². The molecule has 0 aromatic rings. The van der Waals surface area contributed by atoms with Gasteiger partial charge >= 0.3 is 0 Å². The average Bonchev–Trinajstić information content (AvgIpc) is 3.14. The van der Waals surface area contributed by atoms with E-state index in [1.54, 1.807) is 0 Å². The highest BCUT2D eigenvalue weighted by Crippen LogP contribution is 2.66. The Hall–Kier alpha value is -1.11. The molecule has 0 radical (unpaired) electrons. The first-order valence-corrected chi connectivity index (χ1v) is 13.2. The van der Waals surface area contributed by atoms with Crippen molar-refractivity contribution in [3.63, 3.8) is 0 Å². The molecule has 0 spiro atoms. The van der Waals surface area contributed by atoms with Crippen LogP contribution < -0.4 is 5.32 Å². The Kier molecular flexibility index (Phi) is 7.20. The molecular formula is C27H43NO5. The van der Waals surface area contributed by atoms with Gasteiger partial charge in [-0.1, -0.05) is 20.8 Å². The summed E-state index contributed by atoms with van der Waals surface area (Å²) in [5.74, 6) is 1.99. The molecule has 4 saturated carbocycles. The minimum Gasteiger partial charge on any atom is -0.395 e. The van der Waals surface area contributed by atoms with Gasteiger partial charge in [-0.15, -0.1) is 0 Å². The van der Waals surface area contributed by atoms with Crippen molar-refractivity contribution in [3.8, 4) is 0 Å². The lowest BCUT2D eigenvalue weighted by molar-refractivity contribution is -0.166. The fourth-order valence-electron chi connectivity index (χ4n) is 8.51. The van der Waals surface area contributed by atoms with Crippen LogP contribution in [0.15, 0.2) is 0 Å². The van der Waals surface area contributed by atoms with E-state index in [4.69, 9.17) is 0 Å². The van der Waals surface area contributed by atoms with Crippen LogP contribution >= 0.6 is 0 Å². The van der Waals surface area contributed by atoms with E-state index >= 15 is 0 Å². The number of fused-ring (bicyclic) bond motifs is 5.